The second-order valence-corrected chi connectivity index (χ2v) is 7.73. The Balaban J connectivity index is 3.36. The SMILES string of the molecule is COCS(F)(F)(F)(COC)c1ccccc1. The topological polar surface area (TPSA) is 18.5 Å². The van der Waals surface area contributed by atoms with Crippen LogP contribution in [0.2, 0.25) is 0 Å². The van der Waals surface area contributed by atoms with Gasteiger partial charge in [0.1, 0.15) is 21.3 Å². The van der Waals surface area contributed by atoms with E-state index in [4.69, 9.17) is 0 Å². The molecule has 6 heteroatoms. The summed E-state index contributed by atoms with van der Waals surface area (Å²) in [6.07, 6.45) is 0. The molecule has 0 saturated carbocycles. The summed E-state index contributed by atoms with van der Waals surface area (Å²) in [6.45, 7) is 0. The van der Waals surface area contributed by atoms with E-state index in [1.165, 1.54) is 12.1 Å². The molecule has 0 atom stereocenters. The zero-order valence-electron chi connectivity index (χ0n) is 9.16. The Morgan fingerprint density at radius 1 is 0.938 bits per heavy atom. The van der Waals surface area contributed by atoms with Gasteiger partial charge in [-0.25, -0.2) is 0 Å². The standard InChI is InChI=1S/C10H15F3O2S/c1-14-8-16(11,12,13,9-15-2)10-6-4-3-5-7-10/h3-7H,8-9H2,1-2H3. The molecule has 0 aromatic heterocycles. The van der Waals surface area contributed by atoms with Crippen LogP contribution in [0.4, 0.5) is 11.7 Å². The highest BCUT2D eigenvalue weighted by Gasteiger charge is 2.64. The van der Waals surface area contributed by atoms with E-state index in [1.807, 2.05) is 0 Å². The van der Waals surface area contributed by atoms with Crippen LogP contribution in [0.5, 0.6) is 0 Å². The van der Waals surface area contributed by atoms with Crippen LogP contribution in [0.15, 0.2) is 35.2 Å². The highest BCUT2D eigenvalue weighted by molar-refractivity contribution is 8.53. The van der Waals surface area contributed by atoms with Crippen molar-refractivity contribution in [2.75, 3.05) is 26.1 Å². The van der Waals surface area contributed by atoms with Crippen molar-refractivity contribution in [3.63, 3.8) is 0 Å². The van der Waals surface area contributed by atoms with Crippen molar-refractivity contribution in [1.82, 2.24) is 0 Å². The lowest BCUT2D eigenvalue weighted by molar-refractivity contribution is 0.196. The average molecular weight is 256 g/mol. The van der Waals surface area contributed by atoms with Gasteiger partial charge in [0.05, 0.1) is 4.90 Å². The Bertz CT molecular complexity index is 360. The smallest absolute Gasteiger partial charge is 0.138 e. The van der Waals surface area contributed by atoms with Gasteiger partial charge >= 0.3 is 0 Å². The maximum atomic E-state index is 14.4. The molecule has 0 bridgehead atoms. The molecule has 1 rings (SSSR count). The number of rotatable bonds is 5. The first-order valence-corrected chi connectivity index (χ1v) is 7.04. The second kappa shape index (κ2) is 3.65. The zero-order valence-corrected chi connectivity index (χ0v) is 9.98. The lowest BCUT2D eigenvalue weighted by Gasteiger charge is -2.56. The van der Waals surface area contributed by atoms with E-state index in [-0.39, 0.29) is 0 Å². The van der Waals surface area contributed by atoms with Crippen LogP contribution in [0, 0.1) is 0 Å². The van der Waals surface area contributed by atoms with Gasteiger partial charge in [0.15, 0.2) is 0 Å². The summed E-state index contributed by atoms with van der Waals surface area (Å²) in [5.74, 6) is -2.56. The largest absolute Gasteiger partial charge is 0.370 e. The number of benzene rings is 1. The summed E-state index contributed by atoms with van der Waals surface area (Å²) in [4.78, 5) is -0.661. The Morgan fingerprint density at radius 2 is 1.38 bits per heavy atom. The fraction of sp³-hybridized carbons (Fsp3) is 0.400. The normalized spacial score (nSPS) is 16.6. The van der Waals surface area contributed by atoms with Crippen LogP contribution in [-0.4, -0.2) is 26.1 Å². The van der Waals surface area contributed by atoms with Crippen molar-refractivity contribution in [3.8, 4) is 0 Å². The van der Waals surface area contributed by atoms with Gasteiger partial charge in [-0.15, -0.1) is 11.7 Å². The zero-order chi connectivity index (χ0) is 12.3. The number of hydrogen-bond acceptors (Lipinski definition) is 2. The third kappa shape index (κ3) is 2.34. The number of halogens is 3. The lowest BCUT2D eigenvalue weighted by atomic mass is 10.4. The predicted molar refractivity (Wildman–Crippen MR) is 59.4 cm³/mol. The molecule has 2 nitrogen and oxygen atoms in total. The van der Waals surface area contributed by atoms with Crippen molar-refractivity contribution in [1.29, 1.82) is 0 Å². The first kappa shape index (κ1) is 13.3. The molecule has 0 fully saturated rings. The average Bonchev–Trinajstić information content (AvgIpc) is 2.19. The summed E-state index contributed by atoms with van der Waals surface area (Å²) in [7, 11) is -4.91. The van der Waals surface area contributed by atoms with Gasteiger partial charge in [-0.05, 0) is 12.1 Å². The van der Waals surface area contributed by atoms with Crippen LogP contribution in [0.25, 0.3) is 0 Å². The number of methoxy groups -OCH3 is 2. The maximum absolute atomic E-state index is 14.4. The Hall–Kier alpha value is -0.720. The minimum atomic E-state index is -6.99. The van der Waals surface area contributed by atoms with Gasteiger partial charge < -0.3 is 9.47 Å². The van der Waals surface area contributed by atoms with Crippen molar-refractivity contribution >= 4 is 9.45 Å². The summed E-state index contributed by atoms with van der Waals surface area (Å²) in [5, 5.41) is 0. The van der Waals surface area contributed by atoms with Gasteiger partial charge in [-0.2, -0.15) is 0 Å². The van der Waals surface area contributed by atoms with Gasteiger partial charge in [-0.3, -0.25) is 0 Å². The molecule has 1 aromatic rings. The fourth-order valence-corrected chi connectivity index (χ4v) is 3.78. The van der Waals surface area contributed by atoms with E-state index in [2.05, 4.69) is 9.47 Å². The van der Waals surface area contributed by atoms with Gasteiger partial charge in [0.25, 0.3) is 0 Å². The molecule has 0 radical (unpaired) electrons. The lowest BCUT2D eigenvalue weighted by Crippen LogP contribution is -2.30. The van der Waals surface area contributed by atoms with Gasteiger partial charge in [0.2, 0.25) is 0 Å². The summed E-state index contributed by atoms with van der Waals surface area (Å²) < 4.78 is 52.0. The minimum Gasteiger partial charge on any atom is -0.370 e. The van der Waals surface area contributed by atoms with Crippen molar-refractivity contribution in [2.24, 2.45) is 0 Å². The molecule has 94 valence electrons. The van der Waals surface area contributed by atoms with Gasteiger partial charge in [-0.1, -0.05) is 18.2 Å². The third-order valence-corrected chi connectivity index (χ3v) is 5.18. The Morgan fingerprint density at radius 3 is 1.75 bits per heavy atom. The van der Waals surface area contributed by atoms with E-state index in [0.29, 0.717) is 0 Å². The summed E-state index contributed by atoms with van der Waals surface area (Å²) in [6, 6.07) is 6.37. The van der Waals surface area contributed by atoms with Crippen LogP contribution >= 0.6 is 9.45 Å². The fourth-order valence-electron chi connectivity index (χ4n) is 1.49. The maximum Gasteiger partial charge on any atom is 0.138 e. The molecule has 1 aromatic carbocycles. The van der Waals surface area contributed by atoms with Crippen molar-refractivity contribution in [3.05, 3.63) is 30.3 Å². The highest BCUT2D eigenvalue weighted by Crippen LogP contribution is 2.98. The number of hydrogen-bond donors (Lipinski definition) is 0. The molecule has 0 amide bonds. The molecule has 0 heterocycles. The monoisotopic (exact) mass is 256 g/mol. The summed E-state index contributed by atoms with van der Waals surface area (Å²) >= 11 is 0. The molecular formula is C10H15F3O2S. The van der Waals surface area contributed by atoms with E-state index in [0.717, 1.165) is 26.4 Å². The molecule has 0 aliphatic heterocycles. The predicted octanol–water partition coefficient (Wildman–Crippen LogP) is 3.78. The first-order valence-electron chi connectivity index (χ1n) is 4.55. The highest BCUT2D eigenvalue weighted by atomic mass is 32.4. The van der Waals surface area contributed by atoms with Crippen LogP contribution in [0.3, 0.4) is 0 Å². The van der Waals surface area contributed by atoms with Crippen LogP contribution in [0.1, 0.15) is 0 Å². The Kier molecular flexibility index (Phi) is 3.04. The molecule has 0 spiro atoms. The van der Waals surface area contributed by atoms with Gasteiger partial charge in [0, 0.05) is 14.2 Å². The van der Waals surface area contributed by atoms with E-state index < -0.39 is 26.2 Å². The molecule has 0 aliphatic carbocycles. The second-order valence-electron chi connectivity index (χ2n) is 3.68. The Labute approximate surface area is 92.5 Å². The minimum absolute atomic E-state index is 0.661. The van der Waals surface area contributed by atoms with E-state index >= 15 is 0 Å². The van der Waals surface area contributed by atoms with Crippen LogP contribution in [-0.2, 0) is 9.47 Å². The molecule has 0 unspecified atom stereocenters. The first-order chi connectivity index (χ1) is 7.27. The molecule has 0 aliphatic rings. The van der Waals surface area contributed by atoms with Crippen molar-refractivity contribution in [2.45, 2.75) is 4.90 Å². The van der Waals surface area contributed by atoms with E-state index in [1.54, 1.807) is 6.07 Å². The molecular weight excluding hydrogens is 241 g/mol. The van der Waals surface area contributed by atoms with E-state index in [9.17, 15) is 11.7 Å². The molecule has 16 heavy (non-hydrogen) atoms. The van der Waals surface area contributed by atoms with Crippen LogP contribution < -0.4 is 0 Å². The third-order valence-electron chi connectivity index (χ3n) is 2.13. The van der Waals surface area contributed by atoms with Crippen molar-refractivity contribution < 1.29 is 21.1 Å². The summed E-state index contributed by atoms with van der Waals surface area (Å²) in [5.41, 5.74) is 0. The molecule has 0 N–H and O–H groups in total. The quantitative estimate of drug-likeness (QED) is 0.798. The molecule has 0 saturated heterocycles. The number of ether oxygens (including phenoxy) is 2.